The van der Waals surface area contributed by atoms with E-state index in [-0.39, 0.29) is 31.4 Å². The number of ether oxygens (including phenoxy) is 2. The number of nitriles is 1. The minimum atomic E-state index is -0.898. The molecule has 1 aliphatic rings. The molecule has 0 saturated carbocycles. The van der Waals surface area contributed by atoms with Crippen molar-refractivity contribution in [1.82, 2.24) is 10.2 Å². The molecular formula is C33H33Cl2N3O5. The molecule has 0 aliphatic carbocycles. The van der Waals surface area contributed by atoms with Gasteiger partial charge in [0.1, 0.15) is 18.2 Å². The summed E-state index contributed by atoms with van der Waals surface area (Å²) in [4.78, 5) is 40.3. The molecule has 0 bridgehead atoms. The minimum absolute atomic E-state index is 0.178. The fraction of sp³-hybridized carbons (Fsp3) is 0.333. The van der Waals surface area contributed by atoms with Gasteiger partial charge in [-0.2, -0.15) is 5.26 Å². The smallest absolute Gasteiger partial charge is 0.293 e. The summed E-state index contributed by atoms with van der Waals surface area (Å²) < 4.78 is 11.4. The van der Waals surface area contributed by atoms with Crippen LogP contribution in [0.25, 0.3) is 0 Å². The summed E-state index contributed by atoms with van der Waals surface area (Å²) in [6, 6.07) is 22.1. The monoisotopic (exact) mass is 621 g/mol. The van der Waals surface area contributed by atoms with Crippen LogP contribution < -0.4 is 5.32 Å². The third-order valence-corrected chi connectivity index (χ3v) is 7.85. The molecule has 2 amide bonds. The van der Waals surface area contributed by atoms with Gasteiger partial charge in [-0.1, -0.05) is 72.9 Å². The lowest BCUT2D eigenvalue weighted by atomic mass is 9.88. The minimum Gasteiger partial charge on any atom is -0.468 e. The van der Waals surface area contributed by atoms with Crippen LogP contribution in [0.3, 0.4) is 0 Å². The standard InChI is InChI=1S/C33H33Cl2N3O5/c1-2-4-28(32(40)37-17-3-18-42-21-39)38-30(24-9-13-26(34)14-10-24)31(25-11-15-27(35)16-12-25)43-29(33(38)41)19-22-5-7-23(20-36)8-6-22/h5-16,21,28-31H,2-4,17-19H2,1H3,(H,37,40)/t28-,29+,30-,31+/m1/s1. The fourth-order valence-corrected chi connectivity index (χ4v) is 5.53. The number of nitrogens with one attached hydrogen (secondary N) is 1. The first-order valence-electron chi connectivity index (χ1n) is 14.2. The zero-order chi connectivity index (χ0) is 30.8. The van der Waals surface area contributed by atoms with Crippen LogP contribution in [0.4, 0.5) is 0 Å². The number of carbonyl (C=O) groups excluding carboxylic acids is 3. The summed E-state index contributed by atoms with van der Waals surface area (Å²) in [7, 11) is 0. The normalized spacial score (nSPS) is 18.9. The van der Waals surface area contributed by atoms with Crippen molar-refractivity contribution < 1.29 is 23.9 Å². The molecule has 0 unspecified atom stereocenters. The topological polar surface area (TPSA) is 109 Å². The van der Waals surface area contributed by atoms with Gasteiger partial charge >= 0.3 is 0 Å². The largest absolute Gasteiger partial charge is 0.468 e. The Labute approximate surface area is 261 Å². The quantitative estimate of drug-likeness (QED) is 0.186. The maximum atomic E-state index is 14.4. The molecule has 0 aromatic heterocycles. The molecule has 0 radical (unpaired) electrons. The number of carbonyl (C=O) groups is 3. The summed E-state index contributed by atoms with van der Waals surface area (Å²) >= 11 is 12.5. The average molecular weight is 623 g/mol. The second-order valence-corrected chi connectivity index (χ2v) is 11.1. The van der Waals surface area contributed by atoms with Gasteiger partial charge in [0.15, 0.2) is 0 Å². The van der Waals surface area contributed by atoms with Gasteiger partial charge in [-0.3, -0.25) is 14.4 Å². The third-order valence-electron chi connectivity index (χ3n) is 7.35. The van der Waals surface area contributed by atoms with E-state index in [4.69, 9.17) is 32.7 Å². The Balaban J connectivity index is 1.78. The van der Waals surface area contributed by atoms with E-state index in [1.807, 2.05) is 31.2 Å². The van der Waals surface area contributed by atoms with E-state index >= 15 is 0 Å². The number of hydrogen-bond acceptors (Lipinski definition) is 6. The first-order valence-corrected chi connectivity index (χ1v) is 14.9. The van der Waals surface area contributed by atoms with Crippen molar-refractivity contribution in [2.24, 2.45) is 0 Å². The van der Waals surface area contributed by atoms with Gasteiger partial charge in [0.25, 0.3) is 12.4 Å². The van der Waals surface area contributed by atoms with Crippen molar-refractivity contribution in [2.75, 3.05) is 13.2 Å². The predicted octanol–water partition coefficient (Wildman–Crippen LogP) is 5.97. The Morgan fingerprint density at radius 3 is 2.26 bits per heavy atom. The molecule has 10 heteroatoms. The summed E-state index contributed by atoms with van der Waals surface area (Å²) in [5.41, 5.74) is 2.90. The molecule has 1 fully saturated rings. The molecule has 1 N–H and O–H groups in total. The van der Waals surface area contributed by atoms with E-state index in [0.29, 0.717) is 41.3 Å². The van der Waals surface area contributed by atoms with Gasteiger partial charge in [-0.05, 0) is 65.9 Å². The van der Waals surface area contributed by atoms with Gasteiger partial charge < -0.3 is 19.7 Å². The molecule has 1 heterocycles. The highest BCUT2D eigenvalue weighted by atomic mass is 35.5. The van der Waals surface area contributed by atoms with Crippen molar-refractivity contribution in [3.63, 3.8) is 0 Å². The zero-order valence-corrected chi connectivity index (χ0v) is 25.3. The Kier molecular flexibility index (Phi) is 11.6. The fourth-order valence-electron chi connectivity index (χ4n) is 5.28. The molecule has 3 aromatic rings. The Bertz CT molecular complexity index is 1420. The van der Waals surface area contributed by atoms with Crippen LogP contribution in [-0.4, -0.2) is 48.5 Å². The maximum absolute atomic E-state index is 14.4. The number of amides is 2. The first-order chi connectivity index (χ1) is 20.9. The molecule has 4 rings (SSSR count). The van der Waals surface area contributed by atoms with Crippen molar-refractivity contribution in [3.8, 4) is 6.07 Å². The molecule has 43 heavy (non-hydrogen) atoms. The number of hydrogen-bond donors (Lipinski definition) is 1. The van der Waals surface area contributed by atoms with Gasteiger partial charge in [0.05, 0.1) is 24.3 Å². The highest BCUT2D eigenvalue weighted by Gasteiger charge is 2.48. The predicted molar refractivity (Wildman–Crippen MR) is 163 cm³/mol. The molecule has 0 spiro atoms. The van der Waals surface area contributed by atoms with E-state index in [1.54, 1.807) is 53.4 Å². The van der Waals surface area contributed by atoms with Gasteiger partial charge in [0, 0.05) is 23.0 Å². The van der Waals surface area contributed by atoms with Crippen LogP contribution in [0.15, 0.2) is 72.8 Å². The SMILES string of the molecule is CCC[C@H](C(=O)NCCCOC=O)N1C(=O)[C@H](Cc2ccc(C#N)cc2)O[C@@H](c2ccc(Cl)cc2)[C@H]1c1ccc(Cl)cc1. The highest BCUT2D eigenvalue weighted by molar-refractivity contribution is 6.30. The lowest BCUT2D eigenvalue weighted by molar-refractivity contribution is -0.181. The molecule has 224 valence electrons. The third kappa shape index (κ3) is 8.14. The Morgan fingerprint density at radius 1 is 1.05 bits per heavy atom. The van der Waals surface area contributed by atoms with Crippen LogP contribution in [0.2, 0.25) is 10.0 Å². The second kappa shape index (κ2) is 15.5. The van der Waals surface area contributed by atoms with Crippen LogP contribution in [-0.2, 0) is 30.3 Å². The summed E-state index contributed by atoms with van der Waals surface area (Å²) in [5.74, 6) is -0.610. The lowest BCUT2D eigenvalue weighted by Gasteiger charge is -2.47. The first kappa shape index (κ1) is 32.0. The van der Waals surface area contributed by atoms with Gasteiger partial charge in [0.2, 0.25) is 5.91 Å². The number of morpholine rings is 1. The average Bonchev–Trinajstić information content (AvgIpc) is 3.02. The summed E-state index contributed by atoms with van der Waals surface area (Å²) in [5, 5.41) is 13.2. The summed E-state index contributed by atoms with van der Waals surface area (Å²) in [6.45, 7) is 2.80. The van der Waals surface area contributed by atoms with Crippen LogP contribution in [0.5, 0.6) is 0 Å². The van der Waals surface area contributed by atoms with Crippen LogP contribution in [0.1, 0.15) is 60.6 Å². The van der Waals surface area contributed by atoms with Crippen molar-refractivity contribution >= 4 is 41.5 Å². The molecule has 8 nitrogen and oxygen atoms in total. The molecule has 3 aromatic carbocycles. The molecule has 1 saturated heterocycles. The van der Waals surface area contributed by atoms with Crippen LogP contribution in [0, 0.1) is 11.3 Å². The summed E-state index contributed by atoms with van der Waals surface area (Å²) in [6.07, 6.45) is 0.232. The van der Waals surface area contributed by atoms with Crippen LogP contribution >= 0.6 is 23.2 Å². The van der Waals surface area contributed by atoms with Gasteiger partial charge in [-0.15, -0.1) is 0 Å². The molecule has 4 atom stereocenters. The van der Waals surface area contributed by atoms with Gasteiger partial charge in [-0.25, -0.2) is 0 Å². The number of halogens is 2. The molecule has 1 aliphatic heterocycles. The van der Waals surface area contributed by atoms with E-state index in [0.717, 1.165) is 16.7 Å². The zero-order valence-electron chi connectivity index (χ0n) is 23.7. The second-order valence-electron chi connectivity index (χ2n) is 10.3. The van der Waals surface area contributed by atoms with E-state index < -0.39 is 24.3 Å². The van der Waals surface area contributed by atoms with E-state index in [2.05, 4.69) is 11.4 Å². The van der Waals surface area contributed by atoms with E-state index in [9.17, 15) is 19.6 Å². The highest BCUT2D eigenvalue weighted by Crippen LogP contribution is 2.44. The maximum Gasteiger partial charge on any atom is 0.293 e. The van der Waals surface area contributed by atoms with E-state index in [1.165, 1.54) is 0 Å². The van der Waals surface area contributed by atoms with Crippen molar-refractivity contribution in [1.29, 1.82) is 5.26 Å². The van der Waals surface area contributed by atoms with Crippen molar-refractivity contribution in [2.45, 2.75) is 56.9 Å². The molecular weight excluding hydrogens is 589 g/mol. The Hall–Kier alpha value is -3.90. The Morgan fingerprint density at radius 2 is 1.67 bits per heavy atom. The van der Waals surface area contributed by atoms with Crippen molar-refractivity contribution in [3.05, 3.63) is 105 Å². The lowest BCUT2D eigenvalue weighted by Crippen LogP contribution is -2.59. The number of nitrogens with zero attached hydrogens (tertiary/aromatic N) is 2. The number of benzene rings is 3. The number of rotatable bonds is 13.